The van der Waals surface area contributed by atoms with E-state index in [-0.39, 0.29) is 11.7 Å². The molecular weight excluding hydrogens is 337 g/mol. The Hall–Kier alpha value is -2.01. The third kappa shape index (κ3) is 6.78. The number of carbonyl (C=O) groups is 1. The summed E-state index contributed by atoms with van der Waals surface area (Å²) in [6, 6.07) is 14.6. The Kier molecular flexibility index (Phi) is 8.32. The molecule has 1 amide bonds. The molecule has 2 aromatic rings. The number of aryl methyl sites for hydroxylation is 1. The maximum atomic E-state index is 13.5. The van der Waals surface area contributed by atoms with E-state index in [1.807, 2.05) is 37.3 Å². The van der Waals surface area contributed by atoms with Gasteiger partial charge >= 0.3 is 0 Å². The molecule has 0 spiro atoms. The number of benzene rings is 2. The van der Waals surface area contributed by atoms with Gasteiger partial charge in [0.2, 0.25) is 5.91 Å². The quantitative estimate of drug-likeness (QED) is 0.644. The average molecular weight is 361 g/mol. The standard InChI is InChI=1S/C20H24FNO2S/c1-2-24-19-10-6-4-7-16(19)11-12-20(23)22-13-14-25-15-17-8-3-5-9-18(17)21/h3-10H,2,11-15H2,1H3,(H,22,23). The van der Waals surface area contributed by atoms with E-state index in [1.165, 1.54) is 6.07 Å². The van der Waals surface area contributed by atoms with Crippen LogP contribution in [0.2, 0.25) is 0 Å². The van der Waals surface area contributed by atoms with Crippen molar-refractivity contribution in [2.75, 3.05) is 18.9 Å². The van der Waals surface area contributed by atoms with Crippen molar-refractivity contribution in [3.63, 3.8) is 0 Å². The molecule has 2 rings (SSSR count). The maximum Gasteiger partial charge on any atom is 0.220 e. The number of amides is 1. The zero-order valence-electron chi connectivity index (χ0n) is 14.5. The molecule has 3 nitrogen and oxygen atoms in total. The minimum absolute atomic E-state index is 0.0257. The lowest BCUT2D eigenvalue weighted by Gasteiger charge is -2.10. The molecule has 0 unspecified atom stereocenters. The molecule has 134 valence electrons. The van der Waals surface area contributed by atoms with Crippen LogP contribution in [0.5, 0.6) is 5.75 Å². The predicted octanol–water partition coefficient (Wildman–Crippen LogP) is 4.21. The molecule has 0 aromatic heterocycles. The third-order valence-corrected chi connectivity index (χ3v) is 4.69. The highest BCUT2D eigenvalue weighted by Gasteiger charge is 2.06. The Bertz CT molecular complexity index is 678. The van der Waals surface area contributed by atoms with Gasteiger partial charge in [-0.15, -0.1) is 0 Å². The van der Waals surface area contributed by atoms with Crippen LogP contribution in [0, 0.1) is 5.82 Å². The fourth-order valence-electron chi connectivity index (χ4n) is 2.40. The van der Waals surface area contributed by atoms with Gasteiger partial charge in [0, 0.05) is 24.5 Å². The molecule has 25 heavy (non-hydrogen) atoms. The number of nitrogens with one attached hydrogen (secondary N) is 1. The first-order valence-corrected chi connectivity index (χ1v) is 9.64. The highest BCUT2D eigenvalue weighted by atomic mass is 32.2. The van der Waals surface area contributed by atoms with Crippen LogP contribution in [0.1, 0.15) is 24.5 Å². The summed E-state index contributed by atoms with van der Waals surface area (Å²) in [5, 5.41) is 2.91. The Labute approximate surface area is 153 Å². The van der Waals surface area contributed by atoms with Crippen LogP contribution in [0.4, 0.5) is 4.39 Å². The number of rotatable bonds is 10. The average Bonchev–Trinajstić information content (AvgIpc) is 2.62. The van der Waals surface area contributed by atoms with Gasteiger partial charge in [0.1, 0.15) is 11.6 Å². The lowest BCUT2D eigenvalue weighted by atomic mass is 10.1. The summed E-state index contributed by atoms with van der Waals surface area (Å²) in [6.07, 6.45) is 1.09. The fourth-order valence-corrected chi connectivity index (χ4v) is 3.25. The molecule has 0 radical (unpaired) electrons. The van der Waals surface area contributed by atoms with Crippen molar-refractivity contribution in [2.45, 2.75) is 25.5 Å². The van der Waals surface area contributed by atoms with Gasteiger partial charge in [-0.3, -0.25) is 4.79 Å². The summed E-state index contributed by atoms with van der Waals surface area (Å²) in [5.41, 5.74) is 1.75. The predicted molar refractivity (Wildman–Crippen MR) is 102 cm³/mol. The summed E-state index contributed by atoms with van der Waals surface area (Å²) in [5.74, 6) is 2.07. The summed E-state index contributed by atoms with van der Waals surface area (Å²) < 4.78 is 19.1. The van der Waals surface area contributed by atoms with E-state index < -0.39 is 0 Å². The smallest absolute Gasteiger partial charge is 0.220 e. The van der Waals surface area contributed by atoms with Crippen LogP contribution in [0.3, 0.4) is 0 Å². The Morgan fingerprint density at radius 3 is 2.60 bits per heavy atom. The normalized spacial score (nSPS) is 10.5. The largest absolute Gasteiger partial charge is 0.494 e. The van der Waals surface area contributed by atoms with Gasteiger partial charge in [-0.25, -0.2) is 4.39 Å². The van der Waals surface area contributed by atoms with Crippen LogP contribution in [-0.4, -0.2) is 24.8 Å². The molecule has 0 aliphatic heterocycles. The van der Waals surface area contributed by atoms with E-state index in [9.17, 15) is 9.18 Å². The van der Waals surface area contributed by atoms with Gasteiger partial charge in [0.25, 0.3) is 0 Å². The van der Waals surface area contributed by atoms with Gasteiger partial charge in [-0.2, -0.15) is 11.8 Å². The van der Waals surface area contributed by atoms with Crippen molar-refractivity contribution in [3.8, 4) is 5.75 Å². The number of ether oxygens (including phenoxy) is 1. The lowest BCUT2D eigenvalue weighted by Crippen LogP contribution is -2.26. The van der Waals surface area contributed by atoms with Crippen molar-refractivity contribution < 1.29 is 13.9 Å². The Morgan fingerprint density at radius 2 is 1.84 bits per heavy atom. The zero-order valence-corrected chi connectivity index (χ0v) is 15.3. The van der Waals surface area contributed by atoms with E-state index in [0.29, 0.717) is 37.3 Å². The van der Waals surface area contributed by atoms with E-state index >= 15 is 0 Å². The summed E-state index contributed by atoms with van der Waals surface area (Å²) >= 11 is 1.61. The van der Waals surface area contributed by atoms with Crippen molar-refractivity contribution >= 4 is 17.7 Å². The van der Waals surface area contributed by atoms with Crippen molar-refractivity contribution in [1.29, 1.82) is 0 Å². The van der Waals surface area contributed by atoms with Gasteiger partial charge in [-0.1, -0.05) is 36.4 Å². The molecule has 0 saturated carbocycles. The maximum absolute atomic E-state index is 13.5. The van der Waals surface area contributed by atoms with Gasteiger partial charge in [0.05, 0.1) is 6.61 Å². The van der Waals surface area contributed by atoms with Crippen molar-refractivity contribution in [2.24, 2.45) is 0 Å². The number of hydrogen-bond acceptors (Lipinski definition) is 3. The zero-order chi connectivity index (χ0) is 17.9. The lowest BCUT2D eigenvalue weighted by molar-refractivity contribution is -0.120. The summed E-state index contributed by atoms with van der Waals surface area (Å²) in [6.45, 7) is 3.15. The summed E-state index contributed by atoms with van der Waals surface area (Å²) in [4.78, 5) is 12.0. The Balaban J connectivity index is 1.64. The number of hydrogen-bond donors (Lipinski definition) is 1. The van der Waals surface area contributed by atoms with Crippen LogP contribution in [-0.2, 0) is 17.0 Å². The van der Waals surface area contributed by atoms with E-state index in [0.717, 1.165) is 17.1 Å². The van der Waals surface area contributed by atoms with Crippen LogP contribution in [0.15, 0.2) is 48.5 Å². The molecule has 0 aliphatic carbocycles. The molecule has 5 heteroatoms. The number of para-hydroxylation sites is 1. The molecule has 1 N–H and O–H groups in total. The molecule has 0 atom stereocenters. The van der Waals surface area contributed by atoms with Gasteiger partial charge < -0.3 is 10.1 Å². The molecule has 0 saturated heterocycles. The number of carbonyl (C=O) groups excluding carboxylic acids is 1. The molecule has 0 aliphatic rings. The first-order valence-electron chi connectivity index (χ1n) is 8.49. The van der Waals surface area contributed by atoms with Gasteiger partial charge in [0.15, 0.2) is 0 Å². The van der Waals surface area contributed by atoms with Crippen LogP contribution >= 0.6 is 11.8 Å². The SMILES string of the molecule is CCOc1ccccc1CCC(=O)NCCSCc1ccccc1F. The first kappa shape index (κ1) is 19.3. The van der Waals surface area contributed by atoms with Crippen molar-refractivity contribution in [3.05, 3.63) is 65.5 Å². The minimum Gasteiger partial charge on any atom is -0.494 e. The summed E-state index contributed by atoms with van der Waals surface area (Å²) in [7, 11) is 0. The molecule has 0 fully saturated rings. The number of halogens is 1. The minimum atomic E-state index is -0.174. The number of thioether (sulfide) groups is 1. The molecule has 0 bridgehead atoms. The highest BCUT2D eigenvalue weighted by molar-refractivity contribution is 7.98. The van der Waals surface area contributed by atoms with Crippen LogP contribution < -0.4 is 10.1 Å². The van der Waals surface area contributed by atoms with E-state index in [2.05, 4.69) is 5.32 Å². The van der Waals surface area contributed by atoms with E-state index in [1.54, 1.807) is 23.9 Å². The van der Waals surface area contributed by atoms with Crippen LogP contribution in [0.25, 0.3) is 0 Å². The second-order valence-electron chi connectivity index (χ2n) is 5.53. The first-order chi connectivity index (χ1) is 12.2. The molecule has 2 aromatic carbocycles. The highest BCUT2D eigenvalue weighted by Crippen LogP contribution is 2.19. The third-order valence-electron chi connectivity index (χ3n) is 3.68. The second-order valence-corrected chi connectivity index (χ2v) is 6.64. The Morgan fingerprint density at radius 1 is 1.12 bits per heavy atom. The monoisotopic (exact) mass is 361 g/mol. The fraction of sp³-hybridized carbons (Fsp3) is 0.350. The van der Waals surface area contributed by atoms with Gasteiger partial charge in [-0.05, 0) is 36.6 Å². The second kappa shape index (κ2) is 10.8. The topological polar surface area (TPSA) is 38.3 Å². The molecule has 0 heterocycles. The van der Waals surface area contributed by atoms with E-state index in [4.69, 9.17) is 4.74 Å². The molecular formula is C20H24FNO2S. The van der Waals surface area contributed by atoms with Crippen molar-refractivity contribution in [1.82, 2.24) is 5.32 Å².